The SMILES string of the molecule is Cc1ccc(N2CCn3c(nn4c(C(C)C)ncc4c3=O)C2)cc1. The second-order valence-electron chi connectivity index (χ2n) is 6.70. The summed E-state index contributed by atoms with van der Waals surface area (Å²) in [4.78, 5) is 19.4. The van der Waals surface area contributed by atoms with E-state index in [1.54, 1.807) is 15.3 Å². The number of fused-ring (bicyclic) bond motifs is 2. The van der Waals surface area contributed by atoms with E-state index in [4.69, 9.17) is 5.10 Å². The summed E-state index contributed by atoms with van der Waals surface area (Å²) in [6.45, 7) is 8.29. The molecule has 2 aromatic heterocycles. The molecule has 0 bridgehead atoms. The average molecular weight is 323 g/mol. The van der Waals surface area contributed by atoms with Gasteiger partial charge in [0.2, 0.25) is 0 Å². The van der Waals surface area contributed by atoms with Crippen molar-refractivity contribution >= 4 is 11.2 Å². The Morgan fingerprint density at radius 2 is 1.88 bits per heavy atom. The predicted octanol–water partition coefficient (Wildman–Crippen LogP) is 2.34. The molecule has 0 fully saturated rings. The van der Waals surface area contributed by atoms with Crippen molar-refractivity contribution in [2.24, 2.45) is 0 Å². The summed E-state index contributed by atoms with van der Waals surface area (Å²) < 4.78 is 3.50. The summed E-state index contributed by atoms with van der Waals surface area (Å²) >= 11 is 0. The molecule has 6 heteroatoms. The van der Waals surface area contributed by atoms with Gasteiger partial charge in [0.25, 0.3) is 5.56 Å². The van der Waals surface area contributed by atoms with E-state index in [0.717, 1.165) is 23.9 Å². The normalized spacial score (nSPS) is 14.4. The van der Waals surface area contributed by atoms with Crippen LogP contribution >= 0.6 is 0 Å². The maximum atomic E-state index is 12.7. The highest BCUT2D eigenvalue weighted by Gasteiger charge is 2.22. The van der Waals surface area contributed by atoms with Gasteiger partial charge in [-0.3, -0.25) is 9.36 Å². The fourth-order valence-corrected chi connectivity index (χ4v) is 3.22. The van der Waals surface area contributed by atoms with Crippen molar-refractivity contribution in [3.05, 3.63) is 58.0 Å². The predicted molar refractivity (Wildman–Crippen MR) is 93.6 cm³/mol. The molecular weight excluding hydrogens is 302 g/mol. The molecule has 1 aliphatic heterocycles. The zero-order chi connectivity index (χ0) is 16.8. The Morgan fingerprint density at radius 1 is 1.12 bits per heavy atom. The molecule has 124 valence electrons. The molecular formula is C18H21N5O. The van der Waals surface area contributed by atoms with E-state index in [1.165, 1.54) is 5.56 Å². The average Bonchev–Trinajstić information content (AvgIpc) is 2.99. The third kappa shape index (κ3) is 2.29. The second kappa shape index (κ2) is 5.47. The van der Waals surface area contributed by atoms with E-state index in [0.29, 0.717) is 18.6 Å². The number of rotatable bonds is 2. The lowest BCUT2D eigenvalue weighted by Crippen LogP contribution is -2.41. The molecule has 3 heterocycles. The number of benzene rings is 1. The Labute approximate surface area is 140 Å². The molecule has 6 nitrogen and oxygen atoms in total. The number of imidazole rings is 1. The van der Waals surface area contributed by atoms with Crippen molar-refractivity contribution in [1.29, 1.82) is 0 Å². The van der Waals surface area contributed by atoms with E-state index < -0.39 is 0 Å². The number of hydrogen-bond acceptors (Lipinski definition) is 4. The van der Waals surface area contributed by atoms with Crippen LogP contribution in [0.4, 0.5) is 5.69 Å². The van der Waals surface area contributed by atoms with Crippen molar-refractivity contribution in [1.82, 2.24) is 19.2 Å². The Bertz CT molecular complexity index is 952. The van der Waals surface area contributed by atoms with Crippen molar-refractivity contribution in [2.45, 2.75) is 39.8 Å². The van der Waals surface area contributed by atoms with Crippen LogP contribution in [0.15, 0.2) is 35.3 Å². The van der Waals surface area contributed by atoms with Gasteiger partial charge in [-0.25, -0.2) is 9.50 Å². The molecule has 1 aromatic carbocycles. The minimum absolute atomic E-state index is 0.00274. The van der Waals surface area contributed by atoms with Crippen LogP contribution in [0, 0.1) is 6.92 Å². The Balaban J connectivity index is 1.78. The summed E-state index contributed by atoms with van der Waals surface area (Å²) in [6.07, 6.45) is 1.64. The van der Waals surface area contributed by atoms with Gasteiger partial charge in [0, 0.05) is 24.7 Å². The van der Waals surface area contributed by atoms with Crippen LogP contribution in [0.1, 0.15) is 37.0 Å². The molecule has 0 aliphatic carbocycles. The van der Waals surface area contributed by atoms with Crippen molar-refractivity contribution < 1.29 is 0 Å². The van der Waals surface area contributed by atoms with Gasteiger partial charge < -0.3 is 4.90 Å². The number of anilines is 1. The van der Waals surface area contributed by atoms with Crippen LogP contribution in [-0.4, -0.2) is 25.7 Å². The number of aromatic nitrogens is 4. The van der Waals surface area contributed by atoms with Crippen LogP contribution in [0.2, 0.25) is 0 Å². The molecule has 0 atom stereocenters. The van der Waals surface area contributed by atoms with Gasteiger partial charge in [-0.05, 0) is 19.1 Å². The third-order valence-electron chi connectivity index (χ3n) is 4.60. The van der Waals surface area contributed by atoms with E-state index in [1.807, 2.05) is 0 Å². The molecule has 0 saturated heterocycles. The molecule has 0 spiro atoms. The summed E-state index contributed by atoms with van der Waals surface area (Å²) in [7, 11) is 0. The molecule has 0 saturated carbocycles. The minimum atomic E-state index is 0.00274. The Morgan fingerprint density at radius 3 is 2.58 bits per heavy atom. The lowest BCUT2D eigenvalue weighted by molar-refractivity contribution is 0.511. The first kappa shape index (κ1) is 14.9. The largest absolute Gasteiger partial charge is 0.362 e. The molecule has 0 amide bonds. The highest BCUT2D eigenvalue weighted by Crippen LogP contribution is 2.20. The summed E-state index contributed by atoms with van der Waals surface area (Å²) in [5, 5.41) is 4.73. The van der Waals surface area contributed by atoms with Crippen LogP contribution < -0.4 is 10.5 Å². The highest BCUT2D eigenvalue weighted by molar-refractivity contribution is 5.49. The van der Waals surface area contributed by atoms with Crippen molar-refractivity contribution in [3.63, 3.8) is 0 Å². The summed E-state index contributed by atoms with van der Waals surface area (Å²) in [5.74, 6) is 1.84. The molecule has 4 rings (SSSR count). The molecule has 0 N–H and O–H groups in total. The number of hydrogen-bond donors (Lipinski definition) is 0. The van der Waals surface area contributed by atoms with Gasteiger partial charge in [-0.1, -0.05) is 31.5 Å². The van der Waals surface area contributed by atoms with E-state index in [9.17, 15) is 4.79 Å². The van der Waals surface area contributed by atoms with Gasteiger partial charge >= 0.3 is 0 Å². The van der Waals surface area contributed by atoms with Gasteiger partial charge in [-0.15, -0.1) is 0 Å². The van der Waals surface area contributed by atoms with Crippen molar-refractivity contribution in [3.8, 4) is 0 Å². The Hall–Kier alpha value is -2.63. The van der Waals surface area contributed by atoms with E-state index in [-0.39, 0.29) is 11.5 Å². The smallest absolute Gasteiger partial charge is 0.279 e. The van der Waals surface area contributed by atoms with Crippen LogP contribution in [0.25, 0.3) is 5.52 Å². The highest BCUT2D eigenvalue weighted by atomic mass is 16.1. The molecule has 24 heavy (non-hydrogen) atoms. The van der Waals surface area contributed by atoms with E-state index >= 15 is 0 Å². The molecule has 3 aromatic rings. The van der Waals surface area contributed by atoms with Crippen molar-refractivity contribution in [2.75, 3.05) is 11.4 Å². The minimum Gasteiger partial charge on any atom is -0.362 e. The quantitative estimate of drug-likeness (QED) is 0.726. The van der Waals surface area contributed by atoms with Gasteiger partial charge in [-0.2, -0.15) is 5.10 Å². The first-order valence-electron chi connectivity index (χ1n) is 8.33. The van der Waals surface area contributed by atoms with Gasteiger partial charge in [0.15, 0.2) is 11.3 Å². The van der Waals surface area contributed by atoms with Crippen LogP contribution in [-0.2, 0) is 13.1 Å². The molecule has 1 aliphatic rings. The second-order valence-corrected chi connectivity index (χ2v) is 6.70. The van der Waals surface area contributed by atoms with Gasteiger partial charge in [0.05, 0.1) is 12.7 Å². The maximum Gasteiger partial charge on any atom is 0.279 e. The lowest BCUT2D eigenvalue weighted by Gasteiger charge is -2.30. The standard InChI is InChI=1S/C18H21N5O/c1-12(2)17-19-10-15-18(24)22-9-8-21(11-16(22)20-23(15)17)14-6-4-13(3)5-7-14/h4-7,10,12H,8-9,11H2,1-3H3. The zero-order valence-electron chi connectivity index (χ0n) is 14.2. The fraction of sp³-hybridized carbons (Fsp3) is 0.389. The number of nitrogens with zero attached hydrogens (tertiary/aromatic N) is 5. The third-order valence-corrected chi connectivity index (χ3v) is 4.60. The summed E-state index contributed by atoms with van der Waals surface area (Å²) in [5.41, 5.74) is 2.97. The molecule has 0 unspecified atom stereocenters. The van der Waals surface area contributed by atoms with Crippen LogP contribution in [0.3, 0.4) is 0 Å². The Kier molecular flexibility index (Phi) is 3.40. The van der Waals surface area contributed by atoms with Gasteiger partial charge in [0.1, 0.15) is 5.82 Å². The summed E-state index contributed by atoms with van der Waals surface area (Å²) in [6, 6.07) is 8.47. The van der Waals surface area contributed by atoms with E-state index in [2.05, 4.69) is 54.9 Å². The topological polar surface area (TPSA) is 55.4 Å². The monoisotopic (exact) mass is 323 g/mol. The number of aryl methyl sites for hydroxylation is 1. The first-order valence-corrected chi connectivity index (χ1v) is 8.33. The zero-order valence-corrected chi connectivity index (χ0v) is 14.2. The first-order chi connectivity index (χ1) is 11.5. The van der Waals surface area contributed by atoms with Crippen LogP contribution in [0.5, 0.6) is 0 Å². The fourth-order valence-electron chi connectivity index (χ4n) is 3.22. The lowest BCUT2D eigenvalue weighted by atomic mass is 10.2. The maximum absolute atomic E-state index is 12.7. The molecule has 0 radical (unpaired) electrons.